The van der Waals surface area contributed by atoms with E-state index in [2.05, 4.69) is 20.8 Å². The molecular weight excluding hydrogens is 314 g/mol. The van der Waals surface area contributed by atoms with Crippen molar-refractivity contribution in [3.05, 3.63) is 11.7 Å². The molecule has 0 unspecified atom stereocenters. The zero-order chi connectivity index (χ0) is 17.2. The van der Waals surface area contributed by atoms with Crippen molar-refractivity contribution < 1.29 is 18.8 Å². The van der Waals surface area contributed by atoms with Gasteiger partial charge in [-0.25, -0.2) is 9.59 Å². The van der Waals surface area contributed by atoms with Gasteiger partial charge in [0.05, 0.1) is 6.54 Å². The van der Waals surface area contributed by atoms with Crippen LogP contribution in [0.5, 0.6) is 0 Å². The van der Waals surface area contributed by atoms with Crippen LogP contribution in [0.3, 0.4) is 0 Å². The van der Waals surface area contributed by atoms with Crippen molar-refractivity contribution in [3.8, 4) is 0 Å². The van der Waals surface area contributed by atoms with E-state index in [0.717, 1.165) is 0 Å². The van der Waals surface area contributed by atoms with Crippen LogP contribution in [0, 0.1) is 0 Å². The van der Waals surface area contributed by atoms with Crippen molar-refractivity contribution in [1.82, 2.24) is 25.7 Å². The lowest BCUT2D eigenvalue weighted by molar-refractivity contribution is 0.00980. The van der Waals surface area contributed by atoms with Crippen LogP contribution in [0.4, 0.5) is 9.59 Å². The molecule has 3 heterocycles. The van der Waals surface area contributed by atoms with Crippen molar-refractivity contribution in [2.24, 2.45) is 0 Å². The Balaban J connectivity index is 1.40. The lowest BCUT2D eigenvalue weighted by Crippen LogP contribution is -2.51. The third kappa shape index (κ3) is 3.60. The molecule has 2 aliphatic heterocycles. The summed E-state index contributed by atoms with van der Waals surface area (Å²) in [5, 5.41) is 9.45. The van der Waals surface area contributed by atoms with E-state index < -0.39 is 5.60 Å². The van der Waals surface area contributed by atoms with Gasteiger partial charge in [-0.3, -0.25) is 0 Å². The minimum absolute atomic E-state index is 0.116. The number of rotatable bonds is 4. The Labute approximate surface area is 140 Å². The first-order valence-corrected chi connectivity index (χ1v) is 8.29. The topological polar surface area (TPSA) is 110 Å². The van der Waals surface area contributed by atoms with Crippen LogP contribution in [-0.4, -0.2) is 58.9 Å². The van der Waals surface area contributed by atoms with E-state index in [1.165, 1.54) is 0 Å². The van der Waals surface area contributed by atoms with Gasteiger partial charge in [0.15, 0.2) is 5.82 Å². The van der Waals surface area contributed by atoms with E-state index in [1.54, 1.807) is 4.90 Å². The van der Waals surface area contributed by atoms with E-state index in [4.69, 9.17) is 9.26 Å². The van der Waals surface area contributed by atoms with Gasteiger partial charge in [-0.05, 0) is 0 Å². The molecule has 0 saturated carbocycles. The highest BCUT2D eigenvalue weighted by atomic mass is 16.6. The molecule has 0 aromatic carbocycles. The summed E-state index contributed by atoms with van der Waals surface area (Å²) in [5.74, 6) is 1.40. The summed E-state index contributed by atoms with van der Waals surface area (Å²) in [5.41, 5.74) is -0.439. The number of hydrogen-bond acceptors (Lipinski definition) is 6. The Morgan fingerprint density at radius 3 is 2.75 bits per heavy atom. The fraction of sp³-hybridized carbons (Fsp3) is 0.733. The Morgan fingerprint density at radius 1 is 1.42 bits per heavy atom. The SMILES string of the molecule is CC(C)c1nc(CCNC(=O)N2CCC3(CC2)CNC(=O)O3)no1. The summed E-state index contributed by atoms with van der Waals surface area (Å²) in [4.78, 5) is 29.4. The number of likely N-dealkylation sites (tertiary alicyclic amines) is 1. The van der Waals surface area contributed by atoms with Crippen molar-refractivity contribution in [1.29, 1.82) is 0 Å². The van der Waals surface area contributed by atoms with Gasteiger partial charge in [0.25, 0.3) is 0 Å². The van der Waals surface area contributed by atoms with E-state index >= 15 is 0 Å². The molecule has 9 nitrogen and oxygen atoms in total. The highest BCUT2D eigenvalue weighted by Crippen LogP contribution is 2.29. The van der Waals surface area contributed by atoms with Gasteiger partial charge in [-0.1, -0.05) is 19.0 Å². The molecule has 0 aliphatic carbocycles. The number of carbonyl (C=O) groups is 2. The van der Waals surface area contributed by atoms with Gasteiger partial charge in [-0.15, -0.1) is 0 Å². The minimum atomic E-state index is -0.439. The Bertz CT molecular complexity index is 607. The molecule has 1 spiro atoms. The number of carbonyl (C=O) groups excluding carboxylic acids is 2. The first kappa shape index (κ1) is 16.5. The highest BCUT2D eigenvalue weighted by Gasteiger charge is 2.43. The second kappa shape index (κ2) is 6.66. The summed E-state index contributed by atoms with van der Waals surface area (Å²) in [6.07, 6.45) is 1.47. The number of alkyl carbamates (subject to hydrolysis) is 1. The number of hydrogen-bond donors (Lipinski definition) is 2. The largest absolute Gasteiger partial charge is 0.441 e. The zero-order valence-electron chi connectivity index (χ0n) is 14.0. The molecule has 1 aromatic rings. The van der Waals surface area contributed by atoms with Gasteiger partial charge < -0.3 is 24.8 Å². The predicted octanol–water partition coefficient (Wildman–Crippen LogP) is 1.02. The molecule has 2 N–H and O–H groups in total. The number of piperidine rings is 1. The molecule has 9 heteroatoms. The van der Waals surface area contributed by atoms with Crippen LogP contribution in [0.1, 0.15) is 44.3 Å². The molecule has 0 radical (unpaired) electrons. The molecule has 132 valence electrons. The monoisotopic (exact) mass is 337 g/mol. The summed E-state index contributed by atoms with van der Waals surface area (Å²) >= 11 is 0. The van der Waals surface area contributed by atoms with E-state index in [1.807, 2.05) is 13.8 Å². The minimum Gasteiger partial charge on any atom is -0.441 e. The van der Waals surface area contributed by atoms with Crippen molar-refractivity contribution in [2.75, 3.05) is 26.2 Å². The molecule has 2 saturated heterocycles. The Kier molecular flexibility index (Phi) is 4.59. The normalized spacial score (nSPS) is 19.5. The molecule has 0 atom stereocenters. The quantitative estimate of drug-likeness (QED) is 0.849. The number of nitrogens with one attached hydrogen (secondary N) is 2. The molecule has 3 rings (SSSR count). The van der Waals surface area contributed by atoms with Gasteiger partial charge >= 0.3 is 12.1 Å². The molecular formula is C15H23N5O4. The third-order valence-electron chi connectivity index (χ3n) is 4.43. The van der Waals surface area contributed by atoms with Crippen LogP contribution in [0.15, 0.2) is 4.52 Å². The molecule has 2 aliphatic rings. The zero-order valence-corrected chi connectivity index (χ0v) is 14.0. The van der Waals surface area contributed by atoms with Crippen LogP contribution in [0.25, 0.3) is 0 Å². The lowest BCUT2D eigenvalue weighted by Gasteiger charge is -2.37. The number of amides is 3. The van der Waals surface area contributed by atoms with E-state index in [0.29, 0.717) is 57.2 Å². The number of urea groups is 1. The van der Waals surface area contributed by atoms with E-state index in [-0.39, 0.29) is 18.0 Å². The highest BCUT2D eigenvalue weighted by molar-refractivity contribution is 5.74. The van der Waals surface area contributed by atoms with Crippen LogP contribution >= 0.6 is 0 Å². The summed E-state index contributed by atoms with van der Waals surface area (Å²) < 4.78 is 10.5. The van der Waals surface area contributed by atoms with Crippen molar-refractivity contribution in [3.63, 3.8) is 0 Å². The van der Waals surface area contributed by atoms with Gasteiger partial charge in [0, 0.05) is 44.8 Å². The summed E-state index contributed by atoms with van der Waals surface area (Å²) in [6, 6.07) is -0.116. The summed E-state index contributed by atoms with van der Waals surface area (Å²) in [6.45, 7) is 6.09. The number of nitrogens with zero attached hydrogens (tertiary/aromatic N) is 3. The molecule has 24 heavy (non-hydrogen) atoms. The van der Waals surface area contributed by atoms with Crippen molar-refractivity contribution in [2.45, 2.75) is 44.6 Å². The predicted molar refractivity (Wildman–Crippen MR) is 83.5 cm³/mol. The molecule has 3 amide bonds. The lowest BCUT2D eigenvalue weighted by atomic mass is 9.92. The maximum atomic E-state index is 12.2. The smallest absolute Gasteiger partial charge is 0.407 e. The average molecular weight is 337 g/mol. The van der Waals surface area contributed by atoms with Gasteiger partial charge in [0.1, 0.15) is 5.60 Å². The number of aromatic nitrogens is 2. The summed E-state index contributed by atoms with van der Waals surface area (Å²) in [7, 11) is 0. The van der Waals surface area contributed by atoms with Crippen LogP contribution < -0.4 is 10.6 Å². The maximum Gasteiger partial charge on any atom is 0.407 e. The fourth-order valence-corrected chi connectivity index (χ4v) is 2.89. The molecule has 2 fully saturated rings. The van der Waals surface area contributed by atoms with Crippen LogP contribution in [-0.2, 0) is 11.2 Å². The molecule has 0 bridgehead atoms. The van der Waals surface area contributed by atoms with Crippen molar-refractivity contribution >= 4 is 12.1 Å². The first-order chi connectivity index (χ1) is 11.5. The maximum absolute atomic E-state index is 12.2. The Hall–Kier alpha value is -2.32. The third-order valence-corrected chi connectivity index (χ3v) is 4.43. The molecule has 1 aromatic heterocycles. The second-order valence-electron chi connectivity index (χ2n) is 6.60. The van der Waals surface area contributed by atoms with Gasteiger partial charge in [-0.2, -0.15) is 4.98 Å². The van der Waals surface area contributed by atoms with E-state index in [9.17, 15) is 9.59 Å². The Morgan fingerprint density at radius 2 is 2.17 bits per heavy atom. The fourth-order valence-electron chi connectivity index (χ4n) is 2.89. The first-order valence-electron chi connectivity index (χ1n) is 8.29. The van der Waals surface area contributed by atoms with Crippen LogP contribution in [0.2, 0.25) is 0 Å². The average Bonchev–Trinajstić information content (AvgIpc) is 3.16. The second-order valence-corrected chi connectivity index (χ2v) is 6.60. The van der Waals surface area contributed by atoms with Gasteiger partial charge in [0.2, 0.25) is 5.89 Å². The standard InChI is InChI=1S/C15H23N5O4/c1-10(2)12-18-11(19-24-12)3-6-16-13(21)20-7-4-15(5-8-20)9-17-14(22)23-15/h10H,3-9H2,1-2H3,(H,16,21)(H,17,22). The number of ether oxygens (including phenoxy) is 1.